The summed E-state index contributed by atoms with van der Waals surface area (Å²) in [5.74, 6) is 0. The Kier molecular flexibility index (Phi) is 1.94. The molecule has 0 radical (unpaired) electrons. The quantitative estimate of drug-likeness (QED) is 0.351. The molecule has 0 unspecified atom stereocenters. The first kappa shape index (κ1) is 6.67. The SMILES string of the molecule is C/C(=N/O)c1cccnn1. The summed E-state index contributed by atoms with van der Waals surface area (Å²) in [4.78, 5) is 0. The predicted octanol–water partition coefficient (Wildman–Crippen LogP) is 0.675. The van der Waals surface area contributed by atoms with Crippen LogP contribution >= 0.6 is 0 Å². The van der Waals surface area contributed by atoms with Gasteiger partial charge >= 0.3 is 0 Å². The van der Waals surface area contributed by atoms with Gasteiger partial charge in [-0.3, -0.25) is 0 Å². The van der Waals surface area contributed by atoms with Gasteiger partial charge in [0.25, 0.3) is 0 Å². The van der Waals surface area contributed by atoms with Crippen LogP contribution < -0.4 is 0 Å². The molecular weight excluding hydrogens is 130 g/mol. The van der Waals surface area contributed by atoms with Crippen molar-refractivity contribution in [2.75, 3.05) is 0 Å². The van der Waals surface area contributed by atoms with E-state index in [-0.39, 0.29) is 0 Å². The molecule has 0 aliphatic rings. The minimum Gasteiger partial charge on any atom is -0.411 e. The monoisotopic (exact) mass is 137 g/mol. The number of aromatic nitrogens is 2. The molecule has 4 heteroatoms. The third-order valence-electron chi connectivity index (χ3n) is 1.09. The molecule has 4 nitrogen and oxygen atoms in total. The zero-order chi connectivity index (χ0) is 7.40. The van der Waals surface area contributed by atoms with E-state index in [2.05, 4.69) is 15.4 Å². The zero-order valence-corrected chi connectivity index (χ0v) is 5.52. The van der Waals surface area contributed by atoms with Gasteiger partial charge in [0.2, 0.25) is 0 Å². The van der Waals surface area contributed by atoms with Gasteiger partial charge in [-0.25, -0.2) is 0 Å². The average molecular weight is 137 g/mol. The van der Waals surface area contributed by atoms with Crippen molar-refractivity contribution in [2.45, 2.75) is 6.92 Å². The van der Waals surface area contributed by atoms with E-state index >= 15 is 0 Å². The fourth-order valence-electron chi connectivity index (χ4n) is 0.546. The van der Waals surface area contributed by atoms with Crippen LogP contribution in [0.4, 0.5) is 0 Å². The Morgan fingerprint density at radius 2 is 2.50 bits per heavy atom. The molecule has 1 aromatic rings. The highest BCUT2D eigenvalue weighted by atomic mass is 16.4. The summed E-state index contributed by atoms with van der Waals surface area (Å²) in [6.45, 7) is 1.66. The minimum absolute atomic E-state index is 0.466. The van der Waals surface area contributed by atoms with Crippen LogP contribution in [0.1, 0.15) is 12.6 Å². The number of hydrogen-bond donors (Lipinski definition) is 1. The number of rotatable bonds is 1. The Morgan fingerprint density at radius 1 is 1.70 bits per heavy atom. The highest BCUT2D eigenvalue weighted by Crippen LogP contribution is 1.92. The van der Waals surface area contributed by atoms with Gasteiger partial charge < -0.3 is 5.21 Å². The molecule has 0 saturated heterocycles. The van der Waals surface area contributed by atoms with Gasteiger partial charge in [0.05, 0.1) is 0 Å². The molecule has 1 heterocycles. The highest BCUT2D eigenvalue weighted by molar-refractivity contribution is 5.96. The van der Waals surface area contributed by atoms with Crippen LogP contribution in [0.15, 0.2) is 23.5 Å². The lowest BCUT2D eigenvalue weighted by atomic mass is 10.3. The zero-order valence-electron chi connectivity index (χ0n) is 5.52. The van der Waals surface area contributed by atoms with Crippen LogP contribution in [-0.2, 0) is 0 Å². The first-order chi connectivity index (χ1) is 4.84. The van der Waals surface area contributed by atoms with Crippen molar-refractivity contribution in [3.8, 4) is 0 Å². The first-order valence-electron chi connectivity index (χ1n) is 2.81. The lowest BCUT2D eigenvalue weighted by Crippen LogP contribution is -1.98. The van der Waals surface area contributed by atoms with Crippen LogP contribution in [0.25, 0.3) is 0 Å². The lowest BCUT2D eigenvalue weighted by molar-refractivity contribution is 0.319. The van der Waals surface area contributed by atoms with E-state index in [1.54, 1.807) is 25.3 Å². The number of nitrogens with zero attached hydrogens (tertiary/aromatic N) is 3. The highest BCUT2D eigenvalue weighted by Gasteiger charge is 1.95. The smallest absolute Gasteiger partial charge is 0.110 e. The lowest BCUT2D eigenvalue weighted by Gasteiger charge is -1.91. The standard InChI is InChI=1S/C6H7N3O/c1-5(9-10)6-3-2-4-7-8-6/h2-4,10H,1H3/b9-5-. The fraction of sp³-hybridized carbons (Fsp3) is 0.167. The van der Waals surface area contributed by atoms with Gasteiger partial charge in [-0.1, -0.05) is 5.16 Å². The van der Waals surface area contributed by atoms with Crippen molar-refractivity contribution >= 4 is 5.71 Å². The second-order valence-corrected chi connectivity index (χ2v) is 1.79. The van der Waals surface area contributed by atoms with Crippen molar-refractivity contribution < 1.29 is 5.21 Å². The van der Waals surface area contributed by atoms with Crippen molar-refractivity contribution in [3.63, 3.8) is 0 Å². The average Bonchev–Trinajstić information content (AvgIpc) is 2.05. The van der Waals surface area contributed by atoms with Gasteiger partial charge in [-0.2, -0.15) is 5.10 Å². The predicted molar refractivity (Wildman–Crippen MR) is 36.0 cm³/mol. The topological polar surface area (TPSA) is 58.4 Å². The molecular formula is C6H7N3O. The number of oxime groups is 1. The Balaban J connectivity index is 2.96. The summed E-state index contributed by atoms with van der Waals surface area (Å²) >= 11 is 0. The van der Waals surface area contributed by atoms with Gasteiger partial charge in [0.15, 0.2) is 0 Å². The van der Waals surface area contributed by atoms with Crippen LogP contribution in [-0.4, -0.2) is 21.1 Å². The fourth-order valence-corrected chi connectivity index (χ4v) is 0.546. The summed E-state index contributed by atoms with van der Waals surface area (Å²) in [7, 11) is 0. The number of hydrogen-bond acceptors (Lipinski definition) is 4. The van der Waals surface area contributed by atoms with E-state index < -0.39 is 0 Å². The van der Waals surface area contributed by atoms with Gasteiger partial charge in [-0.15, -0.1) is 5.10 Å². The van der Waals surface area contributed by atoms with Crippen molar-refractivity contribution in [1.29, 1.82) is 0 Å². The summed E-state index contributed by atoms with van der Waals surface area (Å²) in [5.41, 5.74) is 1.05. The van der Waals surface area contributed by atoms with Crippen LogP contribution in [0.5, 0.6) is 0 Å². The summed E-state index contributed by atoms with van der Waals surface area (Å²) in [5, 5.41) is 18.6. The normalized spacial score (nSPS) is 11.5. The molecule has 1 N–H and O–H groups in total. The molecule has 0 fully saturated rings. The molecule has 0 aromatic carbocycles. The van der Waals surface area contributed by atoms with E-state index in [1.807, 2.05) is 0 Å². The Morgan fingerprint density at radius 3 is 3.00 bits per heavy atom. The van der Waals surface area contributed by atoms with Crippen molar-refractivity contribution in [3.05, 3.63) is 24.0 Å². The summed E-state index contributed by atoms with van der Waals surface area (Å²) < 4.78 is 0. The van der Waals surface area contributed by atoms with Crippen LogP contribution in [0.2, 0.25) is 0 Å². The largest absolute Gasteiger partial charge is 0.411 e. The van der Waals surface area contributed by atoms with E-state index in [9.17, 15) is 0 Å². The Hall–Kier alpha value is -1.45. The van der Waals surface area contributed by atoms with Gasteiger partial charge in [0.1, 0.15) is 11.4 Å². The molecule has 1 rings (SSSR count). The second-order valence-electron chi connectivity index (χ2n) is 1.79. The summed E-state index contributed by atoms with van der Waals surface area (Å²) in [6, 6.07) is 3.46. The van der Waals surface area contributed by atoms with Crippen LogP contribution in [0.3, 0.4) is 0 Å². The third-order valence-corrected chi connectivity index (χ3v) is 1.09. The molecule has 0 amide bonds. The Bertz CT molecular complexity index is 232. The molecule has 0 bridgehead atoms. The molecule has 0 spiro atoms. The van der Waals surface area contributed by atoms with Crippen LogP contribution in [0, 0.1) is 0 Å². The Labute approximate surface area is 58.2 Å². The molecule has 0 saturated carbocycles. The maximum Gasteiger partial charge on any atom is 0.110 e. The first-order valence-corrected chi connectivity index (χ1v) is 2.81. The summed E-state index contributed by atoms with van der Waals surface area (Å²) in [6.07, 6.45) is 1.56. The van der Waals surface area contributed by atoms with Gasteiger partial charge in [-0.05, 0) is 19.1 Å². The molecule has 0 aliphatic carbocycles. The van der Waals surface area contributed by atoms with Crippen molar-refractivity contribution in [1.82, 2.24) is 10.2 Å². The minimum atomic E-state index is 0.466. The molecule has 52 valence electrons. The molecule has 0 atom stereocenters. The molecule has 0 aliphatic heterocycles. The van der Waals surface area contributed by atoms with E-state index in [0.717, 1.165) is 0 Å². The third kappa shape index (κ3) is 1.28. The second kappa shape index (κ2) is 2.91. The molecule has 10 heavy (non-hydrogen) atoms. The van der Waals surface area contributed by atoms with E-state index in [4.69, 9.17) is 5.21 Å². The maximum atomic E-state index is 8.31. The van der Waals surface area contributed by atoms with Gasteiger partial charge in [0, 0.05) is 6.20 Å². The maximum absolute atomic E-state index is 8.31. The van der Waals surface area contributed by atoms with E-state index in [0.29, 0.717) is 11.4 Å². The van der Waals surface area contributed by atoms with Crippen molar-refractivity contribution in [2.24, 2.45) is 5.16 Å². The van der Waals surface area contributed by atoms with E-state index in [1.165, 1.54) is 0 Å². The molecule has 1 aromatic heterocycles.